The second kappa shape index (κ2) is 6.79. The average Bonchev–Trinajstić information content (AvgIpc) is 2.82. The maximum Gasteiger partial charge on any atom is 0.259 e. The number of nitrogens with two attached hydrogens (primary N) is 1. The van der Waals surface area contributed by atoms with Crippen molar-refractivity contribution in [3.63, 3.8) is 0 Å². The monoisotopic (exact) mass is 309 g/mol. The summed E-state index contributed by atoms with van der Waals surface area (Å²) in [6.45, 7) is 5.19. The first-order valence-corrected chi connectivity index (χ1v) is 8.64. The van der Waals surface area contributed by atoms with E-state index in [-0.39, 0.29) is 5.91 Å². The second-order valence-electron chi connectivity index (χ2n) is 6.15. The smallest absolute Gasteiger partial charge is 0.259 e. The first-order valence-electron chi connectivity index (χ1n) is 7.76. The van der Waals surface area contributed by atoms with Crippen LogP contribution in [0.4, 0.5) is 5.69 Å². The molecule has 1 aliphatic rings. The van der Waals surface area contributed by atoms with Gasteiger partial charge in [0.2, 0.25) is 0 Å². The van der Waals surface area contributed by atoms with Crippen molar-refractivity contribution in [1.29, 1.82) is 0 Å². The summed E-state index contributed by atoms with van der Waals surface area (Å²) < 4.78 is 0. The van der Waals surface area contributed by atoms with Crippen LogP contribution in [0.3, 0.4) is 0 Å². The van der Waals surface area contributed by atoms with E-state index in [1.165, 1.54) is 42.7 Å². The van der Waals surface area contributed by atoms with Crippen molar-refractivity contribution in [2.75, 3.05) is 25.5 Å². The average molecular weight is 309 g/mol. The molecule has 0 saturated heterocycles. The van der Waals surface area contributed by atoms with Gasteiger partial charge in [-0.15, -0.1) is 11.3 Å². The Morgan fingerprint density at radius 1 is 1.29 bits per heavy atom. The van der Waals surface area contributed by atoms with Gasteiger partial charge in [-0.2, -0.15) is 0 Å². The van der Waals surface area contributed by atoms with Gasteiger partial charge in [0.15, 0.2) is 0 Å². The molecule has 1 fully saturated rings. The standard InChI is InChI=1S/C16H27N3OS/c1-5-19(13-8-6-12(7-9-13)18(3)4)14-10-21-15(11(14)2)16(17)20/h10,12-13H,5-9H2,1-4H3,(H2,17,20). The summed E-state index contributed by atoms with van der Waals surface area (Å²) in [6, 6.07) is 1.30. The molecule has 1 heterocycles. The Kier molecular flexibility index (Phi) is 5.27. The lowest BCUT2D eigenvalue weighted by Crippen LogP contribution is -2.42. The molecule has 1 amide bonds. The van der Waals surface area contributed by atoms with Crippen LogP contribution in [0.1, 0.15) is 47.8 Å². The lowest BCUT2D eigenvalue weighted by atomic mass is 9.89. The van der Waals surface area contributed by atoms with Crippen LogP contribution in [0.25, 0.3) is 0 Å². The van der Waals surface area contributed by atoms with E-state index in [4.69, 9.17) is 5.73 Å². The van der Waals surface area contributed by atoms with Crippen molar-refractivity contribution < 1.29 is 4.79 Å². The molecule has 21 heavy (non-hydrogen) atoms. The molecule has 1 aromatic rings. The summed E-state index contributed by atoms with van der Waals surface area (Å²) in [6.07, 6.45) is 4.94. The highest BCUT2D eigenvalue weighted by molar-refractivity contribution is 7.12. The van der Waals surface area contributed by atoms with E-state index in [1.807, 2.05) is 6.92 Å². The lowest BCUT2D eigenvalue weighted by Gasteiger charge is -2.39. The van der Waals surface area contributed by atoms with E-state index >= 15 is 0 Å². The van der Waals surface area contributed by atoms with E-state index in [2.05, 4.69) is 36.2 Å². The first-order chi connectivity index (χ1) is 9.95. The predicted molar refractivity (Wildman–Crippen MR) is 90.3 cm³/mol. The minimum Gasteiger partial charge on any atom is -0.368 e. The fraction of sp³-hybridized carbons (Fsp3) is 0.688. The highest BCUT2D eigenvalue weighted by atomic mass is 32.1. The van der Waals surface area contributed by atoms with Crippen LogP contribution in [0.15, 0.2) is 5.38 Å². The van der Waals surface area contributed by atoms with Crippen LogP contribution in [0.2, 0.25) is 0 Å². The van der Waals surface area contributed by atoms with Crippen LogP contribution in [-0.4, -0.2) is 43.5 Å². The number of primary amides is 1. The Hall–Kier alpha value is -1.07. The number of rotatable bonds is 5. The molecular formula is C16H27N3OS. The molecule has 0 bridgehead atoms. The van der Waals surface area contributed by atoms with Crippen LogP contribution in [0, 0.1) is 6.92 Å². The Labute approximate surface area is 131 Å². The molecule has 0 atom stereocenters. The van der Waals surface area contributed by atoms with Crippen LogP contribution >= 0.6 is 11.3 Å². The summed E-state index contributed by atoms with van der Waals surface area (Å²) in [5.74, 6) is -0.309. The van der Waals surface area contributed by atoms with E-state index in [0.717, 1.165) is 12.1 Å². The Balaban J connectivity index is 2.12. The van der Waals surface area contributed by atoms with Crippen LogP contribution in [-0.2, 0) is 0 Å². The molecule has 5 heteroatoms. The molecule has 1 aliphatic carbocycles. The van der Waals surface area contributed by atoms with E-state index in [1.54, 1.807) is 0 Å². The third kappa shape index (κ3) is 3.40. The Morgan fingerprint density at radius 3 is 2.29 bits per heavy atom. The SMILES string of the molecule is CCN(c1csc(C(N)=O)c1C)C1CCC(N(C)C)CC1. The maximum atomic E-state index is 11.4. The molecule has 118 valence electrons. The van der Waals surface area contributed by atoms with Crippen molar-refractivity contribution >= 4 is 22.9 Å². The number of carbonyl (C=O) groups is 1. The van der Waals surface area contributed by atoms with Gasteiger partial charge < -0.3 is 15.5 Å². The summed E-state index contributed by atoms with van der Waals surface area (Å²) >= 11 is 1.47. The van der Waals surface area contributed by atoms with E-state index in [9.17, 15) is 4.79 Å². The van der Waals surface area contributed by atoms with Crippen molar-refractivity contribution in [3.8, 4) is 0 Å². The summed E-state index contributed by atoms with van der Waals surface area (Å²) in [5, 5.41) is 2.09. The summed E-state index contributed by atoms with van der Waals surface area (Å²) in [7, 11) is 4.34. The van der Waals surface area contributed by atoms with Crippen molar-refractivity contribution in [3.05, 3.63) is 15.8 Å². The predicted octanol–water partition coefficient (Wildman–Crippen LogP) is 2.85. The second-order valence-corrected chi connectivity index (χ2v) is 7.03. The molecular weight excluding hydrogens is 282 g/mol. The van der Waals surface area contributed by atoms with E-state index in [0.29, 0.717) is 17.0 Å². The normalized spacial score (nSPS) is 22.5. The highest BCUT2D eigenvalue weighted by Crippen LogP contribution is 2.34. The van der Waals surface area contributed by atoms with Crippen molar-refractivity contribution in [1.82, 2.24) is 4.90 Å². The zero-order valence-corrected chi connectivity index (χ0v) is 14.4. The minimum atomic E-state index is -0.309. The number of carbonyl (C=O) groups excluding carboxylic acids is 1. The van der Waals surface area contributed by atoms with Crippen LogP contribution < -0.4 is 10.6 Å². The van der Waals surface area contributed by atoms with Crippen LogP contribution in [0.5, 0.6) is 0 Å². The summed E-state index contributed by atoms with van der Waals surface area (Å²) in [5.41, 5.74) is 7.69. The number of thiophene rings is 1. The fourth-order valence-electron chi connectivity index (χ4n) is 3.45. The van der Waals surface area contributed by atoms with E-state index < -0.39 is 0 Å². The number of hydrogen-bond donors (Lipinski definition) is 1. The summed E-state index contributed by atoms with van der Waals surface area (Å²) in [4.78, 5) is 17.0. The van der Waals surface area contributed by atoms with Gasteiger partial charge in [0.05, 0.1) is 10.6 Å². The molecule has 4 nitrogen and oxygen atoms in total. The zero-order valence-electron chi connectivity index (χ0n) is 13.6. The lowest BCUT2D eigenvalue weighted by molar-refractivity contribution is 0.100. The largest absolute Gasteiger partial charge is 0.368 e. The molecule has 0 aliphatic heterocycles. The third-order valence-corrected chi connectivity index (χ3v) is 5.81. The number of nitrogens with zero attached hydrogens (tertiary/aromatic N) is 2. The number of amides is 1. The van der Waals surface area contributed by atoms with Gasteiger partial charge in [-0.3, -0.25) is 4.79 Å². The van der Waals surface area contributed by atoms with Gasteiger partial charge in [0, 0.05) is 24.0 Å². The molecule has 1 saturated carbocycles. The zero-order chi connectivity index (χ0) is 15.6. The first kappa shape index (κ1) is 16.3. The van der Waals surface area contributed by atoms with Gasteiger partial charge >= 0.3 is 0 Å². The Morgan fingerprint density at radius 2 is 1.86 bits per heavy atom. The topological polar surface area (TPSA) is 49.6 Å². The van der Waals surface area contributed by atoms with Crippen molar-refractivity contribution in [2.24, 2.45) is 5.73 Å². The molecule has 0 spiro atoms. The quantitative estimate of drug-likeness (QED) is 0.910. The van der Waals surface area contributed by atoms with Gasteiger partial charge in [-0.1, -0.05) is 0 Å². The molecule has 0 aromatic carbocycles. The molecule has 0 unspecified atom stereocenters. The molecule has 2 N–H and O–H groups in total. The highest BCUT2D eigenvalue weighted by Gasteiger charge is 2.28. The van der Waals surface area contributed by atoms with Gasteiger partial charge in [0.25, 0.3) is 5.91 Å². The fourth-order valence-corrected chi connectivity index (χ4v) is 4.38. The molecule has 0 radical (unpaired) electrons. The number of anilines is 1. The van der Waals surface area contributed by atoms with Crippen molar-refractivity contribution in [2.45, 2.75) is 51.6 Å². The van der Waals surface area contributed by atoms with Gasteiger partial charge in [0.1, 0.15) is 0 Å². The molecule has 1 aromatic heterocycles. The maximum absolute atomic E-state index is 11.4. The third-order valence-electron chi connectivity index (χ3n) is 4.72. The van der Waals surface area contributed by atoms with Gasteiger partial charge in [-0.05, 0) is 59.2 Å². The molecule has 2 rings (SSSR count). The number of hydrogen-bond acceptors (Lipinski definition) is 4. The van der Waals surface area contributed by atoms with Gasteiger partial charge in [-0.25, -0.2) is 0 Å². The Bertz CT molecular complexity index is 490. The minimum absolute atomic E-state index is 0.309.